The molecule has 0 atom stereocenters. The zero-order chi connectivity index (χ0) is 18.0. The number of aromatic nitrogens is 2. The summed E-state index contributed by atoms with van der Waals surface area (Å²) in [7, 11) is 3.15. The minimum Gasteiger partial charge on any atom is -0.493 e. The Bertz CT molecular complexity index is 1020. The van der Waals surface area contributed by atoms with Crippen molar-refractivity contribution < 1.29 is 9.47 Å². The van der Waals surface area contributed by atoms with Gasteiger partial charge in [0.05, 0.1) is 24.9 Å². The maximum Gasteiger partial charge on any atom is 0.258 e. The molecule has 2 aromatic heterocycles. The summed E-state index contributed by atoms with van der Waals surface area (Å²) in [6, 6.07) is 10.6. The van der Waals surface area contributed by atoms with Crippen LogP contribution in [0.15, 0.2) is 47.4 Å². The van der Waals surface area contributed by atoms with Crippen LogP contribution in [0, 0.1) is 6.92 Å². The Hall–Kier alpha value is -2.79. The van der Waals surface area contributed by atoms with Gasteiger partial charge in [0.15, 0.2) is 11.5 Å². The average Bonchev–Trinajstić information content (AvgIpc) is 2.62. The fraction of sp³-hybridized carbons (Fsp3) is 0.158. The molecule has 0 aliphatic heterocycles. The Labute approximate surface area is 150 Å². The number of halogens is 1. The van der Waals surface area contributed by atoms with E-state index in [4.69, 9.17) is 21.1 Å². The molecular weight excluding hydrogens is 340 g/mol. The minimum atomic E-state index is -0.178. The summed E-state index contributed by atoms with van der Waals surface area (Å²) in [6.45, 7) is 1.92. The Balaban J connectivity index is 2.04. The Morgan fingerprint density at radius 2 is 1.88 bits per heavy atom. The van der Waals surface area contributed by atoms with Crippen LogP contribution in [0.1, 0.15) is 16.8 Å². The summed E-state index contributed by atoms with van der Waals surface area (Å²) in [4.78, 5) is 16.7. The van der Waals surface area contributed by atoms with E-state index in [0.717, 1.165) is 11.1 Å². The van der Waals surface area contributed by atoms with E-state index >= 15 is 0 Å². The van der Waals surface area contributed by atoms with Crippen LogP contribution in [0.25, 0.3) is 16.8 Å². The quantitative estimate of drug-likeness (QED) is 0.714. The lowest BCUT2D eigenvalue weighted by Gasteiger charge is -2.08. The van der Waals surface area contributed by atoms with Crippen LogP contribution in [-0.2, 0) is 0 Å². The van der Waals surface area contributed by atoms with Crippen molar-refractivity contribution in [1.29, 1.82) is 0 Å². The summed E-state index contributed by atoms with van der Waals surface area (Å²) in [6.07, 6.45) is 3.48. The number of methoxy groups -OCH3 is 2. The van der Waals surface area contributed by atoms with Crippen molar-refractivity contribution in [2.75, 3.05) is 14.2 Å². The normalized spacial score (nSPS) is 11.6. The molecule has 0 saturated carbocycles. The predicted octanol–water partition coefficient (Wildman–Crippen LogP) is 3.76. The highest BCUT2D eigenvalue weighted by Gasteiger charge is 2.08. The second-order valence-electron chi connectivity index (χ2n) is 5.52. The highest BCUT2D eigenvalue weighted by atomic mass is 35.5. The van der Waals surface area contributed by atoms with Crippen molar-refractivity contribution in [3.8, 4) is 11.5 Å². The molecule has 0 unspecified atom stereocenters. The van der Waals surface area contributed by atoms with Gasteiger partial charge in [-0.3, -0.25) is 9.20 Å². The van der Waals surface area contributed by atoms with Gasteiger partial charge < -0.3 is 9.47 Å². The van der Waals surface area contributed by atoms with Crippen LogP contribution < -0.4 is 15.0 Å². The van der Waals surface area contributed by atoms with E-state index in [1.54, 1.807) is 44.7 Å². The Morgan fingerprint density at radius 3 is 2.60 bits per heavy atom. The third-order valence-electron chi connectivity index (χ3n) is 3.75. The molecule has 1 aromatic carbocycles. The number of pyridine rings is 1. The standard InChI is InChI=1S/C19H17ClN2O3/c1-12-4-7-18-21-15(10-19(23)22(18)11-12)14(20)8-13-5-6-16(24-2)17(9-13)25-3/h4-11H,1-3H3/b14-8-. The molecule has 0 fully saturated rings. The molecule has 128 valence electrons. The van der Waals surface area contributed by atoms with Crippen LogP contribution in [0.4, 0.5) is 0 Å². The molecule has 0 saturated heterocycles. The van der Waals surface area contributed by atoms with Crippen molar-refractivity contribution in [3.63, 3.8) is 0 Å². The molecule has 3 rings (SSSR count). The number of hydrogen-bond donors (Lipinski definition) is 0. The third kappa shape index (κ3) is 3.51. The smallest absolute Gasteiger partial charge is 0.258 e. The zero-order valence-electron chi connectivity index (χ0n) is 14.1. The van der Waals surface area contributed by atoms with Gasteiger partial charge in [-0.2, -0.15) is 0 Å². The molecule has 0 bridgehead atoms. The van der Waals surface area contributed by atoms with E-state index in [2.05, 4.69) is 4.98 Å². The van der Waals surface area contributed by atoms with Crippen LogP contribution in [-0.4, -0.2) is 23.6 Å². The van der Waals surface area contributed by atoms with Gasteiger partial charge in [-0.05, 0) is 42.3 Å². The third-order valence-corrected chi connectivity index (χ3v) is 4.06. The highest BCUT2D eigenvalue weighted by molar-refractivity contribution is 6.51. The number of fused-ring (bicyclic) bond motifs is 1. The number of ether oxygens (including phenoxy) is 2. The van der Waals surface area contributed by atoms with Gasteiger partial charge in [-0.15, -0.1) is 0 Å². The molecule has 3 aromatic rings. The van der Waals surface area contributed by atoms with E-state index in [1.165, 1.54) is 10.5 Å². The van der Waals surface area contributed by atoms with Crippen LogP contribution in [0.5, 0.6) is 11.5 Å². The second kappa shape index (κ2) is 6.99. The number of rotatable bonds is 4. The first kappa shape index (κ1) is 17.0. The summed E-state index contributed by atoms with van der Waals surface area (Å²) >= 11 is 6.39. The lowest BCUT2D eigenvalue weighted by Crippen LogP contribution is -2.15. The van der Waals surface area contributed by atoms with Crippen molar-refractivity contribution in [2.24, 2.45) is 0 Å². The van der Waals surface area contributed by atoms with Gasteiger partial charge in [0, 0.05) is 12.3 Å². The topological polar surface area (TPSA) is 52.8 Å². The molecule has 6 heteroatoms. The number of hydrogen-bond acceptors (Lipinski definition) is 4. The van der Waals surface area contributed by atoms with Crippen molar-refractivity contribution in [1.82, 2.24) is 9.38 Å². The van der Waals surface area contributed by atoms with Crippen molar-refractivity contribution >= 4 is 28.4 Å². The first-order valence-corrected chi connectivity index (χ1v) is 7.99. The fourth-order valence-corrected chi connectivity index (χ4v) is 2.72. The molecule has 0 aliphatic carbocycles. The van der Waals surface area contributed by atoms with Gasteiger partial charge in [-0.1, -0.05) is 23.7 Å². The first-order chi connectivity index (χ1) is 12.0. The molecule has 5 nitrogen and oxygen atoms in total. The van der Waals surface area contributed by atoms with Gasteiger partial charge >= 0.3 is 0 Å². The van der Waals surface area contributed by atoms with Crippen LogP contribution >= 0.6 is 11.6 Å². The van der Waals surface area contributed by atoms with Gasteiger partial charge in [0.2, 0.25) is 0 Å². The average molecular weight is 357 g/mol. The molecule has 0 spiro atoms. The van der Waals surface area contributed by atoms with Crippen molar-refractivity contribution in [2.45, 2.75) is 6.92 Å². The zero-order valence-corrected chi connectivity index (χ0v) is 14.9. The summed E-state index contributed by atoms with van der Waals surface area (Å²) in [5.41, 5.74) is 2.59. The van der Waals surface area contributed by atoms with E-state index < -0.39 is 0 Å². The molecule has 0 radical (unpaired) electrons. The summed E-state index contributed by atoms with van der Waals surface area (Å²) < 4.78 is 12.0. The SMILES string of the molecule is COc1ccc(/C=C(\Cl)c2cc(=O)n3cc(C)ccc3n2)cc1OC. The minimum absolute atomic E-state index is 0.178. The maximum atomic E-state index is 12.3. The van der Waals surface area contributed by atoms with Crippen LogP contribution in [0.3, 0.4) is 0 Å². The highest BCUT2D eigenvalue weighted by Crippen LogP contribution is 2.29. The van der Waals surface area contributed by atoms with E-state index in [0.29, 0.717) is 27.9 Å². The molecule has 2 heterocycles. The molecule has 25 heavy (non-hydrogen) atoms. The lowest BCUT2D eigenvalue weighted by atomic mass is 10.1. The number of benzene rings is 1. The Kier molecular flexibility index (Phi) is 4.76. The van der Waals surface area contributed by atoms with Gasteiger partial charge in [0.1, 0.15) is 5.65 Å². The largest absolute Gasteiger partial charge is 0.493 e. The van der Waals surface area contributed by atoms with Gasteiger partial charge in [0.25, 0.3) is 5.56 Å². The van der Waals surface area contributed by atoms with E-state index in [-0.39, 0.29) is 5.56 Å². The molecule has 0 aliphatic rings. The van der Waals surface area contributed by atoms with Gasteiger partial charge in [-0.25, -0.2) is 4.98 Å². The summed E-state index contributed by atoms with van der Waals surface area (Å²) in [5, 5.41) is 0.368. The maximum absolute atomic E-state index is 12.3. The summed E-state index contributed by atoms with van der Waals surface area (Å²) in [5.74, 6) is 1.23. The molecule has 0 N–H and O–H groups in total. The predicted molar refractivity (Wildman–Crippen MR) is 99.5 cm³/mol. The van der Waals surface area contributed by atoms with E-state index in [9.17, 15) is 4.79 Å². The van der Waals surface area contributed by atoms with E-state index in [1.807, 2.05) is 19.1 Å². The Morgan fingerprint density at radius 1 is 1.12 bits per heavy atom. The van der Waals surface area contributed by atoms with Crippen LogP contribution in [0.2, 0.25) is 0 Å². The monoisotopic (exact) mass is 356 g/mol. The molecular formula is C19H17ClN2O3. The lowest BCUT2D eigenvalue weighted by molar-refractivity contribution is 0.355. The number of aryl methyl sites for hydroxylation is 1. The number of nitrogens with zero attached hydrogens (tertiary/aromatic N) is 2. The second-order valence-corrected chi connectivity index (χ2v) is 5.93. The van der Waals surface area contributed by atoms with Crippen molar-refractivity contribution in [3.05, 3.63) is 69.8 Å². The first-order valence-electron chi connectivity index (χ1n) is 7.61. The fourth-order valence-electron chi connectivity index (χ4n) is 2.49. The molecule has 0 amide bonds.